The molecule has 138 valence electrons. The number of rotatable bonds is 7. The first kappa shape index (κ1) is 21.6. The first-order chi connectivity index (χ1) is 11.2. The highest BCUT2D eigenvalue weighted by Gasteiger charge is 2.32. The molecule has 6 nitrogen and oxygen atoms in total. The van der Waals surface area contributed by atoms with Gasteiger partial charge in [-0.1, -0.05) is 6.92 Å². The van der Waals surface area contributed by atoms with E-state index in [0.29, 0.717) is 0 Å². The molecule has 1 aliphatic heterocycles. The van der Waals surface area contributed by atoms with Crippen LogP contribution in [-0.2, 0) is 22.3 Å². The minimum atomic E-state index is -0.152. The van der Waals surface area contributed by atoms with Crippen LogP contribution in [0.2, 0.25) is 0 Å². The predicted octanol–water partition coefficient (Wildman–Crippen LogP) is 2.23. The van der Waals surface area contributed by atoms with Crippen molar-refractivity contribution < 1.29 is 9.47 Å². The first-order valence-electron chi connectivity index (χ1n) is 8.22. The predicted molar refractivity (Wildman–Crippen MR) is 110 cm³/mol. The van der Waals surface area contributed by atoms with Gasteiger partial charge in [-0.05, 0) is 6.42 Å². The summed E-state index contributed by atoms with van der Waals surface area (Å²) < 4.78 is 11.2. The van der Waals surface area contributed by atoms with E-state index in [4.69, 9.17) is 9.47 Å². The number of nitrogens with one attached hydrogen (secondary N) is 2. The van der Waals surface area contributed by atoms with Gasteiger partial charge >= 0.3 is 0 Å². The van der Waals surface area contributed by atoms with Crippen molar-refractivity contribution in [1.29, 1.82) is 0 Å². The van der Waals surface area contributed by atoms with Gasteiger partial charge in [0.1, 0.15) is 0 Å². The summed E-state index contributed by atoms with van der Waals surface area (Å²) >= 11 is 1.79. The third-order valence-electron chi connectivity index (χ3n) is 4.22. The molecule has 0 spiro atoms. The third kappa shape index (κ3) is 6.45. The Balaban J connectivity index is 0.00000288. The summed E-state index contributed by atoms with van der Waals surface area (Å²) in [7, 11) is 3.56. The fourth-order valence-electron chi connectivity index (χ4n) is 2.58. The molecule has 1 fully saturated rings. The number of aryl methyl sites for hydroxylation is 1. The van der Waals surface area contributed by atoms with Gasteiger partial charge in [0.25, 0.3) is 0 Å². The van der Waals surface area contributed by atoms with Crippen molar-refractivity contribution in [2.75, 3.05) is 40.5 Å². The highest BCUT2D eigenvalue weighted by molar-refractivity contribution is 14.0. The standard InChI is InChI=1S/C16H28N4O2S.HI/c1-4-13-11-19-14(23-13)5-8-18-15(17-2)20-12-16(21-3)6-9-22-10-7-16;/h11H,4-10,12H2,1-3H3,(H2,17,18,20);1H. The van der Waals surface area contributed by atoms with Crippen molar-refractivity contribution in [2.45, 2.75) is 38.2 Å². The van der Waals surface area contributed by atoms with Crippen LogP contribution in [0.3, 0.4) is 0 Å². The molecule has 1 aliphatic rings. The van der Waals surface area contributed by atoms with Crippen LogP contribution in [0.25, 0.3) is 0 Å². The van der Waals surface area contributed by atoms with Crippen LogP contribution in [0.15, 0.2) is 11.2 Å². The zero-order chi connectivity index (χ0) is 16.5. The second kappa shape index (κ2) is 11.2. The van der Waals surface area contributed by atoms with Gasteiger partial charge in [-0.25, -0.2) is 4.98 Å². The summed E-state index contributed by atoms with van der Waals surface area (Å²) in [4.78, 5) is 10.1. The monoisotopic (exact) mass is 468 g/mol. The van der Waals surface area contributed by atoms with Gasteiger partial charge in [-0.3, -0.25) is 4.99 Å². The van der Waals surface area contributed by atoms with E-state index in [2.05, 4.69) is 27.5 Å². The smallest absolute Gasteiger partial charge is 0.191 e. The van der Waals surface area contributed by atoms with Crippen molar-refractivity contribution in [3.8, 4) is 0 Å². The molecular weight excluding hydrogens is 439 g/mol. The quantitative estimate of drug-likeness (QED) is 0.365. The maximum absolute atomic E-state index is 5.73. The van der Waals surface area contributed by atoms with Crippen molar-refractivity contribution in [1.82, 2.24) is 15.6 Å². The van der Waals surface area contributed by atoms with Crippen LogP contribution in [0, 0.1) is 0 Å². The number of aromatic nitrogens is 1. The van der Waals surface area contributed by atoms with E-state index in [1.54, 1.807) is 25.5 Å². The van der Waals surface area contributed by atoms with Crippen molar-refractivity contribution >= 4 is 41.3 Å². The van der Waals surface area contributed by atoms with Crippen molar-refractivity contribution in [3.05, 3.63) is 16.1 Å². The van der Waals surface area contributed by atoms with Gasteiger partial charge < -0.3 is 20.1 Å². The van der Waals surface area contributed by atoms with Crippen LogP contribution < -0.4 is 10.6 Å². The highest BCUT2D eigenvalue weighted by Crippen LogP contribution is 2.23. The fraction of sp³-hybridized carbons (Fsp3) is 0.750. The van der Waals surface area contributed by atoms with Gasteiger partial charge in [-0.15, -0.1) is 35.3 Å². The Morgan fingerprint density at radius 1 is 1.42 bits per heavy atom. The summed E-state index contributed by atoms with van der Waals surface area (Å²) in [5, 5.41) is 7.89. The molecule has 0 bridgehead atoms. The summed E-state index contributed by atoms with van der Waals surface area (Å²) in [6.45, 7) is 5.23. The fourth-order valence-corrected chi connectivity index (χ4v) is 3.44. The van der Waals surface area contributed by atoms with Crippen LogP contribution in [-0.4, -0.2) is 57.0 Å². The van der Waals surface area contributed by atoms with Gasteiger partial charge in [0.15, 0.2) is 5.96 Å². The molecule has 1 aromatic heterocycles. The molecule has 2 rings (SSSR count). The Kier molecular flexibility index (Phi) is 10.1. The molecule has 1 aromatic rings. The number of halogens is 1. The van der Waals surface area contributed by atoms with Crippen LogP contribution in [0.4, 0.5) is 0 Å². The van der Waals surface area contributed by atoms with E-state index in [9.17, 15) is 0 Å². The lowest BCUT2D eigenvalue weighted by Crippen LogP contribution is -2.51. The number of aliphatic imine (C=N–C) groups is 1. The third-order valence-corrected chi connectivity index (χ3v) is 5.42. The van der Waals surface area contributed by atoms with Crippen LogP contribution >= 0.6 is 35.3 Å². The molecule has 24 heavy (non-hydrogen) atoms. The molecule has 0 radical (unpaired) electrons. The van der Waals surface area contributed by atoms with E-state index in [1.807, 2.05) is 6.20 Å². The largest absolute Gasteiger partial charge is 0.381 e. The molecule has 0 saturated carbocycles. The lowest BCUT2D eigenvalue weighted by Gasteiger charge is -2.36. The van der Waals surface area contributed by atoms with Crippen LogP contribution in [0.1, 0.15) is 29.7 Å². The molecule has 1 saturated heterocycles. The lowest BCUT2D eigenvalue weighted by atomic mass is 9.94. The normalized spacial score (nSPS) is 17.2. The minimum Gasteiger partial charge on any atom is -0.381 e. The molecule has 0 aliphatic carbocycles. The summed E-state index contributed by atoms with van der Waals surface area (Å²) in [6.07, 6.45) is 5.76. The number of methoxy groups -OCH3 is 1. The minimum absolute atomic E-state index is 0. The SMILES string of the molecule is CCc1cnc(CCNC(=NC)NCC2(OC)CCOCC2)s1.I. The Morgan fingerprint density at radius 3 is 2.75 bits per heavy atom. The van der Waals surface area contributed by atoms with Crippen molar-refractivity contribution in [2.24, 2.45) is 4.99 Å². The maximum atomic E-state index is 5.73. The van der Waals surface area contributed by atoms with Crippen molar-refractivity contribution in [3.63, 3.8) is 0 Å². The van der Waals surface area contributed by atoms with E-state index in [0.717, 1.165) is 57.9 Å². The number of thiazole rings is 1. The van der Waals surface area contributed by atoms with Gasteiger partial charge in [0, 0.05) is 70.8 Å². The summed E-state index contributed by atoms with van der Waals surface area (Å²) in [5.74, 6) is 0.806. The molecule has 0 unspecified atom stereocenters. The second-order valence-corrected chi connectivity index (χ2v) is 6.88. The van der Waals surface area contributed by atoms with E-state index < -0.39 is 0 Å². The van der Waals surface area contributed by atoms with E-state index in [-0.39, 0.29) is 29.6 Å². The molecule has 2 heterocycles. The number of ether oxygens (including phenoxy) is 2. The molecule has 8 heteroatoms. The molecule has 0 amide bonds. The first-order valence-corrected chi connectivity index (χ1v) is 9.04. The Labute approximate surface area is 165 Å². The topological polar surface area (TPSA) is 67.8 Å². The molecule has 0 aromatic carbocycles. The zero-order valence-corrected chi connectivity index (χ0v) is 17.9. The average Bonchev–Trinajstić information content (AvgIpc) is 3.06. The second-order valence-electron chi connectivity index (χ2n) is 5.68. The van der Waals surface area contributed by atoms with E-state index in [1.165, 1.54) is 9.88 Å². The Bertz CT molecular complexity index is 504. The number of hydrogen-bond donors (Lipinski definition) is 2. The molecule has 2 N–H and O–H groups in total. The number of nitrogens with zero attached hydrogens (tertiary/aromatic N) is 2. The molecular formula is C16H29IN4O2S. The van der Waals surface area contributed by atoms with Gasteiger partial charge in [0.2, 0.25) is 0 Å². The summed E-state index contributed by atoms with van der Waals surface area (Å²) in [6, 6.07) is 0. The number of hydrogen-bond acceptors (Lipinski definition) is 5. The number of guanidine groups is 1. The van der Waals surface area contributed by atoms with Crippen LogP contribution in [0.5, 0.6) is 0 Å². The van der Waals surface area contributed by atoms with Gasteiger partial charge in [0.05, 0.1) is 10.6 Å². The Hall–Kier alpha value is -0.450. The van der Waals surface area contributed by atoms with E-state index >= 15 is 0 Å². The average molecular weight is 468 g/mol. The molecule has 0 atom stereocenters. The lowest BCUT2D eigenvalue weighted by molar-refractivity contribution is -0.0855. The van der Waals surface area contributed by atoms with Gasteiger partial charge in [-0.2, -0.15) is 0 Å². The maximum Gasteiger partial charge on any atom is 0.191 e. The zero-order valence-electron chi connectivity index (χ0n) is 14.8. The summed E-state index contributed by atoms with van der Waals surface area (Å²) in [5.41, 5.74) is -0.152. The Morgan fingerprint density at radius 2 is 2.17 bits per heavy atom. The highest BCUT2D eigenvalue weighted by atomic mass is 127.